The number of amides is 1. The van der Waals surface area contributed by atoms with E-state index in [0.29, 0.717) is 23.6 Å². The molecule has 4 heteroatoms. The van der Waals surface area contributed by atoms with Gasteiger partial charge in [-0.15, -0.1) is 0 Å². The number of nitrogen functional groups attached to an aromatic ring is 1. The predicted molar refractivity (Wildman–Crippen MR) is 66.8 cm³/mol. The van der Waals surface area contributed by atoms with E-state index >= 15 is 0 Å². The van der Waals surface area contributed by atoms with Gasteiger partial charge in [0.1, 0.15) is 0 Å². The van der Waals surface area contributed by atoms with E-state index in [-0.39, 0.29) is 0 Å². The van der Waals surface area contributed by atoms with Crippen molar-refractivity contribution >= 4 is 11.6 Å². The normalized spacial score (nSPS) is 15.3. The maximum Gasteiger partial charge on any atom is 0.252 e. The van der Waals surface area contributed by atoms with Crippen molar-refractivity contribution in [1.82, 2.24) is 0 Å². The molecular formula is C13H18N2O2. The lowest BCUT2D eigenvalue weighted by Gasteiger charge is -2.25. The number of carbonyl (C=O) groups is 1. The Kier molecular flexibility index (Phi) is 3.52. The van der Waals surface area contributed by atoms with Crippen LogP contribution in [0.5, 0.6) is 5.75 Å². The monoisotopic (exact) mass is 234 g/mol. The summed E-state index contributed by atoms with van der Waals surface area (Å²) >= 11 is 0. The first kappa shape index (κ1) is 11.8. The third kappa shape index (κ3) is 2.70. The molecule has 2 rings (SSSR count). The summed E-state index contributed by atoms with van der Waals surface area (Å²) in [6, 6.07) is 5.05. The number of carbonyl (C=O) groups excluding carboxylic acids is 1. The zero-order chi connectivity index (χ0) is 12.3. The topological polar surface area (TPSA) is 78.3 Å². The van der Waals surface area contributed by atoms with Crippen LogP contribution in [0.25, 0.3) is 0 Å². The number of nitrogens with two attached hydrogens (primary N) is 2. The van der Waals surface area contributed by atoms with Crippen LogP contribution in [0.1, 0.15) is 36.0 Å². The van der Waals surface area contributed by atoms with Crippen molar-refractivity contribution < 1.29 is 9.53 Å². The van der Waals surface area contributed by atoms with Gasteiger partial charge in [-0.25, -0.2) is 0 Å². The quantitative estimate of drug-likeness (QED) is 0.764. The highest BCUT2D eigenvalue weighted by molar-refractivity contribution is 5.97. The van der Waals surface area contributed by atoms with Gasteiger partial charge in [-0.05, 0) is 24.5 Å². The summed E-state index contributed by atoms with van der Waals surface area (Å²) in [5.74, 6) is 0.701. The molecule has 0 spiro atoms. The fourth-order valence-corrected chi connectivity index (χ4v) is 2.02. The summed E-state index contributed by atoms with van der Waals surface area (Å²) in [6.07, 6.45) is 4.92. The fraction of sp³-hybridized carbons (Fsp3) is 0.462. The van der Waals surface area contributed by atoms with Gasteiger partial charge in [-0.1, -0.05) is 25.3 Å². The van der Waals surface area contributed by atoms with E-state index in [2.05, 4.69) is 0 Å². The Labute approximate surface area is 101 Å². The predicted octanol–water partition coefficient (Wildman–Crippen LogP) is 1.94. The molecule has 0 heterocycles. The molecule has 1 amide bonds. The van der Waals surface area contributed by atoms with E-state index in [0.717, 1.165) is 12.3 Å². The van der Waals surface area contributed by atoms with E-state index < -0.39 is 5.91 Å². The van der Waals surface area contributed by atoms with E-state index in [1.807, 2.05) is 0 Å². The summed E-state index contributed by atoms with van der Waals surface area (Å²) in [7, 11) is 0. The van der Waals surface area contributed by atoms with E-state index in [9.17, 15) is 4.79 Å². The summed E-state index contributed by atoms with van der Waals surface area (Å²) in [5.41, 5.74) is 11.9. The molecular weight excluding hydrogens is 216 g/mol. The zero-order valence-electron chi connectivity index (χ0n) is 9.82. The van der Waals surface area contributed by atoms with Gasteiger partial charge in [0.2, 0.25) is 0 Å². The lowest BCUT2D eigenvalue weighted by atomic mass is 9.83. The molecule has 0 aromatic heterocycles. The first-order valence-corrected chi connectivity index (χ1v) is 5.99. The van der Waals surface area contributed by atoms with Crippen molar-refractivity contribution in [2.24, 2.45) is 11.7 Å². The van der Waals surface area contributed by atoms with Crippen molar-refractivity contribution in [1.29, 1.82) is 0 Å². The van der Waals surface area contributed by atoms with Crippen molar-refractivity contribution in [2.75, 3.05) is 12.3 Å². The molecule has 1 aromatic carbocycles. The minimum Gasteiger partial charge on any atom is -0.491 e. The van der Waals surface area contributed by atoms with E-state index in [1.165, 1.54) is 19.3 Å². The van der Waals surface area contributed by atoms with Crippen LogP contribution in [0.3, 0.4) is 0 Å². The first-order chi connectivity index (χ1) is 8.18. The Morgan fingerprint density at radius 2 is 2.18 bits per heavy atom. The number of primary amides is 1. The first-order valence-electron chi connectivity index (χ1n) is 5.99. The van der Waals surface area contributed by atoms with E-state index in [4.69, 9.17) is 16.2 Å². The van der Waals surface area contributed by atoms with Gasteiger partial charge in [-0.3, -0.25) is 4.79 Å². The molecule has 1 fully saturated rings. The third-order valence-electron chi connectivity index (χ3n) is 3.31. The second-order valence-corrected chi connectivity index (χ2v) is 4.52. The highest BCUT2D eigenvalue weighted by atomic mass is 16.5. The van der Waals surface area contributed by atoms with Gasteiger partial charge in [0.25, 0.3) is 5.91 Å². The van der Waals surface area contributed by atoms with Crippen LogP contribution < -0.4 is 16.2 Å². The van der Waals surface area contributed by atoms with Crippen LogP contribution in [0.15, 0.2) is 18.2 Å². The standard InChI is InChI=1S/C13H18N2O2/c14-11-6-2-5-10(13(15)16)12(11)17-8-7-9-3-1-4-9/h2,5-6,9H,1,3-4,7-8,14H2,(H2,15,16). The average Bonchev–Trinajstić information content (AvgIpc) is 2.23. The lowest BCUT2D eigenvalue weighted by molar-refractivity contribution is 0.0996. The van der Waals surface area contributed by atoms with Crippen molar-refractivity contribution in [2.45, 2.75) is 25.7 Å². The number of ether oxygens (including phenoxy) is 1. The molecule has 4 N–H and O–H groups in total. The van der Waals surface area contributed by atoms with Gasteiger partial charge < -0.3 is 16.2 Å². The number of hydrogen-bond acceptors (Lipinski definition) is 3. The summed E-state index contributed by atoms with van der Waals surface area (Å²) < 4.78 is 5.61. The fourth-order valence-electron chi connectivity index (χ4n) is 2.02. The molecule has 1 aliphatic carbocycles. The molecule has 1 aliphatic rings. The molecule has 0 radical (unpaired) electrons. The molecule has 4 nitrogen and oxygen atoms in total. The average molecular weight is 234 g/mol. The number of anilines is 1. The highest BCUT2D eigenvalue weighted by Crippen LogP contribution is 2.31. The van der Waals surface area contributed by atoms with Crippen LogP contribution in [-0.4, -0.2) is 12.5 Å². The molecule has 0 unspecified atom stereocenters. The van der Waals surface area contributed by atoms with Crippen LogP contribution in [0, 0.1) is 5.92 Å². The number of hydrogen-bond donors (Lipinski definition) is 2. The maximum atomic E-state index is 11.2. The van der Waals surface area contributed by atoms with Crippen molar-refractivity contribution in [3.8, 4) is 5.75 Å². The number of benzene rings is 1. The van der Waals surface area contributed by atoms with Gasteiger partial charge in [0.05, 0.1) is 17.9 Å². The van der Waals surface area contributed by atoms with Crippen molar-refractivity contribution in [3.63, 3.8) is 0 Å². The molecule has 92 valence electrons. The molecule has 0 aliphatic heterocycles. The Hall–Kier alpha value is -1.71. The Bertz CT molecular complexity index is 414. The molecule has 0 saturated heterocycles. The molecule has 17 heavy (non-hydrogen) atoms. The van der Waals surface area contributed by atoms with Crippen LogP contribution >= 0.6 is 0 Å². The van der Waals surface area contributed by atoms with Gasteiger partial charge in [-0.2, -0.15) is 0 Å². The largest absolute Gasteiger partial charge is 0.491 e. The minimum absolute atomic E-state index is 0.360. The zero-order valence-corrected chi connectivity index (χ0v) is 9.82. The third-order valence-corrected chi connectivity index (χ3v) is 3.31. The Morgan fingerprint density at radius 1 is 1.41 bits per heavy atom. The Balaban J connectivity index is 2.00. The van der Waals surface area contributed by atoms with Gasteiger partial charge in [0.15, 0.2) is 5.75 Å². The molecule has 1 saturated carbocycles. The minimum atomic E-state index is -0.504. The molecule has 1 aromatic rings. The smallest absolute Gasteiger partial charge is 0.252 e. The van der Waals surface area contributed by atoms with Gasteiger partial charge in [0, 0.05) is 0 Å². The SMILES string of the molecule is NC(=O)c1cccc(N)c1OCCC1CCC1. The van der Waals surface area contributed by atoms with Crippen LogP contribution in [-0.2, 0) is 0 Å². The Morgan fingerprint density at radius 3 is 2.76 bits per heavy atom. The second-order valence-electron chi connectivity index (χ2n) is 4.52. The summed E-state index contributed by atoms with van der Waals surface area (Å²) in [4.78, 5) is 11.2. The summed E-state index contributed by atoms with van der Waals surface area (Å²) in [6.45, 7) is 0.596. The number of rotatable bonds is 5. The van der Waals surface area contributed by atoms with Crippen LogP contribution in [0.2, 0.25) is 0 Å². The number of para-hydroxylation sites is 1. The van der Waals surface area contributed by atoms with Crippen LogP contribution in [0.4, 0.5) is 5.69 Å². The maximum absolute atomic E-state index is 11.2. The summed E-state index contributed by atoms with van der Waals surface area (Å²) in [5, 5.41) is 0. The van der Waals surface area contributed by atoms with E-state index in [1.54, 1.807) is 18.2 Å². The second kappa shape index (κ2) is 5.08. The lowest BCUT2D eigenvalue weighted by Crippen LogP contribution is -2.17. The molecule has 0 atom stereocenters. The van der Waals surface area contributed by atoms with Crippen molar-refractivity contribution in [3.05, 3.63) is 23.8 Å². The highest BCUT2D eigenvalue weighted by Gasteiger charge is 2.18. The van der Waals surface area contributed by atoms with Gasteiger partial charge >= 0.3 is 0 Å². The molecule has 0 bridgehead atoms.